The van der Waals surface area contributed by atoms with Crippen LogP contribution in [0.5, 0.6) is 5.75 Å². The van der Waals surface area contributed by atoms with Crippen molar-refractivity contribution in [3.63, 3.8) is 0 Å². The molecule has 2 rings (SSSR count). The van der Waals surface area contributed by atoms with E-state index in [1.807, 2.05) is 31.2 Å². The van der Waals surface area contributed by atoms with Crippen molar-refractivity contribution in [1.29, 1.82) is 0 Å². The predicted octanol–water partition coefficient (Wildman–Crippen LogP) is 2.74. The summed E-state index contributed by atoms with van der Waals surface area (Å²) in [5.41, 5.74) is 0.898. The molecule has 0 aliphatic carbocycles. The third-order valence-corrected chi connectivity index (χ3v) is 3.59. The second-order valence-corrected chi connectivity index (χ2v) is 5.53. The fraction of sp³-hybridized carbons (Fsp3) is 0.389. The van der Waals surface area contributed by atoms with Gasteiger partial charge in [0.15, 0.2) is 0 Å². The van der Waals surface area contributed by atoms with Gasteiger partial charge in [-0.1, -0.05) is 25.1 Å². The Balaban J connectivity index is 1.80. The van der Waals surface area contributed by atoms with Gasteiger partial charge in [0.2, 0.25) is 5.91 Å². The Morgan fingerprint density at radius 2 is 2.25 bits per heavy atom. The van der Waals surface area contributed by atoms with Crippen LogP contribution in [0.3, 0.4) is 0 Å². The molecule has 0 radical (unpaired) electrons. The molecule has 0 aliphatic heterocycles. The summed E-state index contributed by atoms with van der Waals surface area (Å²) >= 11 is 0. The number of aromatic amines is 1. The highest BCUT2D eigenvalue weighted by molar-refractivity contribution is 5.92. The minimum absolute atomic E-state index is 0.120. The number of H-pyrrole nitrogens is 1. The molecule has 0 saturated heterocycles. The maximum Gasteiger partial charge on any atom is 0.244 e. The Morgan fingerprint density at radius 1 is 1.42 bits per heavy atom. The van der Waals surface area contributed by atoms with Gasteiger partial charge >= 0.3 is 0 Å². The molecule has 128 valence electrons. The molecule has 1 amide bonds. The maximum absolute atomic E-state index is 11.9. The molecule has 1 atom stereocenters. The Morgan fingerprint density at radius 3 is 3.00 bits per heavy atom. The molecule has 0 saturated carbocycles. The first kappa shape index (κ1) is 17.7. The lowest BCUT2D eigenvalue weighted by molar-refractivity contribution is -0.116. The van der Waals surface area contributed by atoms with Crippen molar-refractivity contribution in [2.24, 2.45) is 0 Å². The highest BCUT2D eigenvalue weighted by Gasteiger charge is 2.05. The lowest BCUT2D eigenvalue weighted by atomic mass is 10.2. The van der Waals surface area contributed by atoms with E-state index in [0.29, 0.717) is 6.54 Å². The molecule has 2 N–H and O–H groups in total. The average Bonchev–Trinajstić information content (AvgIpc) is 3.11. The van der Waals surface area contributed by atoms with Crippen LogP contribution in [0.2, 0.25) is 0 Å². The zero-order chi connectivity index (χ0) is 17.2. The number of benzene rings is 1. The number of hydrogen-bond acceptors (Lipinski definition) is 4. The second kappa shape index (κ2) is 9.50. The van der Waals surface area contributed by atoms with Crippen molar-refractivity contribution in [3.8, 4) is 5.75 Å². The molecule has 6 heteroatoms. The minimum Gasteiger partial charge on any atom is -0.490 e. The van der Waals surface area contributed by atoms with E-state index in [-0.39, 0.29) is 12.0 Å². The Kier molecular flexibility index (Phi) is 7.01. The molecule has 0 bridgehead atoms. The molecule has 0 fully saturated rings. The van der Waals surface area contributed by atoms with E-state index in [9.17, 15) is 4.79 Å². The number of aromatic nitrogens is 3. The second-order valence-electron chi connectivity index (χ2n) is 5.53. The molecule has 24 heavy (non-hydrogen) atoms. The fourth-order valence-electron chi connectivity index (χ4n) is 2.07. The molecule has 0 unspecified atom stereocenters. The first-order chi connectivity index (χ1) is 11.7. The van der Waals surface area contributed by atoms with Crippen LogP contribution in [-0.2, 0) is 11.2 Å². The molecule has 6 nitrogen and oxygen atoms in total. The third kappa shape index (κ3) is 5.87. The van der Waals surface area contributed by atoms with Crippen LogP contribution in [0.4, 0.5) is 0 Å². The summed E-state index contributed by atoms with van der Waals surface area (Å²) in [5, 5.41) is 9.44. The summed E-state index contributed by atoms with van der Waals surface area (Å²) in [7, 11) is 0. The number of para-hydroxylation sites is 1. The monoisotopic (exact) mass is 328 g/mol. The van der Waals surface area contributed by atoms with E-state index >= 15 is 0 Å². The van der Waals surface area contributed by atoms with Crippen molar-refractivity contribution in [1.82, 2.24) is 20.5 Å². The van der Waals surface area contributed by atoms with Gasteiger partial charge in [0.1, 0.15) is 17.9 Å². The summed E-state index contributed by atoms with van der Waals surface area (Å²) in [5.74, 6) is 1.50. The quantitative estimate of drug-likeness (QED) is 0.548. The summed E-state index contributed by atoms with van der Waals surface area (Å²) in [6.07, 6.45) is 7.44. The molecular formula is C18H24N4O2. The first-order valence-corrected chi connectivity index (χ1v) is 8.25. The van der Waals surface area contributed by atoms with Gasteiger partial charge in [-0.15, -0.1) is 0 Å². The topological polar surface area (TPSA) is 79.9 Å². The van der Waals surface area contributed by atoms with Crippen molar-refractivity contribution < 1.29 is 9.53 Å². The van der Waals surface area contributed by atoms with Gasteiger partial charge in [-0.2, -0.15) is 5.10 Å². The number of nitrogens with zero attached hydrogens (tertiary/aromatic N) is 2. The molecule has 1 aromatic heterocycles. The number of carbonyl (C=O) groups excluding carboxylic acids is 1. The predicted molar refractivity (Wildman–Crippen MR) is 93.6 cm³/mol. The maximum atomic E-state index is 11.9. The number of rotatable bonds is 9. The molecule has 0 spiro atoms. The normalized spacial score (nSPS) is 12.2. The van der Waals surface area contributed by atoms with Crippen LogP contribution >= 0.6 is 0 Å². The van der Waals surface area contributed by atoms with Crippen LogP contribution in [0.15, 0.2) is 36.7 Å². The zero-order valence-corrected chi connectivity index (χ0v) is 14.2. The Labute approximate surface area is 142 Å². The van der Waals surface area contributed by atoms with Crippen molar-refractivity contribution in [2.75, 3.05) is 6.54 Å². The van der Waals surface area contributed by atoms with Crippen LogP contribution < -0.4 is 10.1 Å². The van der Waals surface area contributed by atoms with Crippen molar-refractivity contribution >= 4 is 12.0 Å². The Bertz CT molecular complexity index is 653. The van der Waals surface area contributed by atoms with Gasteiger partial charge in [0, 0.05) is 24.6 Å². The summed E-state index contributed by atoms with van der Waals surface area (Å²) in [6, 6.07) is 7.71. The number of aryl methyl sites for hydroxylation is 1. The summed E-state index contributed by atoms with van der Waals surface area (Å²) in [4.78, 5) is 15.9. The number of carbonyl (C=O) groups is 1. The minimum atomic E-state index is -0.120. The fourth-order valence-corrected chi connectivity index (χ4v) is 2.07. The van der Waals surface area contributed by atoms with Crippen molar-refractivity contribution in [2.45, 2.75) is 39.2 Å². The van der Waals surface area contributed by atoms with Crippen molar-refractivity contribution in [3.05, 3.63) is 48.1 Å². The SMILES string of the molecule is CC[C@H](C)Oc1ccccc1/C=C\C(=O)NCCCc1ncn[nH]1. The van der Waals surface area contributed by atoms with E-state index in [0.717, 1.165) is 36.4 Å². The van der Waals surface area contributed by atoms with E-state index in [2.05, 4.69) is 27.4 Å². The van der Waals surface area contributed by atoms with Crippen LogP contribution in [0.1, 0.15) is 38.1 Å². The van der Waals surface area contributed by atoms with Gasteiger partial charge in [-0.25, -0.2) is 4.98 Å². The van der Waals surface area contributed by atoms with E-state index in [4.69, 9.17) is 4.74 Å². The summed E-state index contributed by atoms with van der Waals surface area (Å²) in [6.45, 7) is 4.70. The van der Waals surface area contributed by atoms with Gasteiger partial charge in [0.05, 0.1) is 6.10 Å². The third-order valence-electron chi connectivity index (χ3n) is 3.59. The number of hydrogen-bond donors (Lipinski definition) is 2. The number of amides is 1. The highest BCUT2D eigenvalue weighted by atomic mass is 16.5. The molecular weight excluding hydrogens is 304 g/mol. The Hall–Kier alpha value is -2.63. The van der Waals surface area contributed by atoms with E-state index in [1.54, 1.807) is 6.08 Å². The van der Waals surface area contributed by atoms with Gasteiger partial charge in [-0.05, 0) is 31.9 Å². The number of nitrogens with one attached hydrogen (secondary N) is 2. The zero-order valence-electron chi connectivity index (χ0n) is 14.2. The van der Waals surface area contributed by atoms with Crippen LogP contribution in [0.25, 0.3) is 6.08 Å². The lowest BCUT2D eigenvalue weighted by Crippen LogP contribution is -2.22. The largest absolute Gasteiger partial charge is 0.490 e. The van der Waals surface area contributed by atoms with Crippen LogP contribution in [0, 0.1) is 0 Å². The van der Waals surface area contributed by atoms with Gasteiger partial charge in [-0.3, -0.25) is 9.89 Å². The lowest BCUT2D eigenvalue weighted by Gasteiger charge is -2.14. The average molecular weight is 328 g/mol. The first-order valence-electron chi connectivity index (χ1n) is 8.25. The standard InChI is InChI=1S/C18H24N4O2/c1-3-14(2)24-16-8-5-4-7-15(16)10-11-18(23)19-12-6-9-17-20-13-21-22-17/h4-5,7-8,10-11,13-14H,3,6,9,12H2,1-2H3,(H,19,23)(H,20,21,22)/b11-10-/t14-/m0/s1. The van der Waals surface area contributed by atoms with E-state index in [1.165, 1.54) is 12.4 Å². The molecule has 2 aromatic rings. The van der Waals surface area contributed by atoms with Gasteiger partial charge in [0.25, 0.3) is 0 Å². The number of ether oxygens (including phenoxy) is 1. The van der Waals surface area contributed by atoms with E-state index < -0.39 is 0 Å². The van der Waals surface area contributed by atoms with Gasteiger partial charge < -0.3 is 10.1 Å². The van der Waals surface area contributed by atoms with Crippen LogP contribution in [-0.4, -0.2) is 33.7 Å². The molecule has 1 aromatic carbocycles. The highest BCUT2D eigenvalue weighted by Crippen LogP contribution is 2.21. The smallest absolute Gasteiger partial charge is 0.244 e. The molecule has 1 heterocycles. The molecule has 0 aliphatic rings. The summed E-state index contributed by atoms with van der Waals surface area (Å²) < 4.78 is 5.87.